The highest BCUT2D eigenvalue weighted by atomic mass is 32.2. The van der Waals surface area contributed by atoms with E-state index in [9.17, 15) is 8.42 Å². The molecule has 1 spiro atoms. The minimum atomic E-state index is -2.89. The molecule has 1 saturated heterocycles. The standard InChI is InChI=1S/C16H32N2O2S/c1-15(2,3)14-12-18(10-11-21(4,19)20)16(13-17-14)8-6-5-7-9-16/h14,17H,5-13H2,1-4H3. The fourth-order valence-electron chi connectivity index (χ4n) is 3.79. The molecule has 1 unspecified atom stereocenters. The van der Waals surface area contributed by atoms with E-state index >= 15 is 0 Å². The molecule has 0 aromatic carbocycles. The quantitative estimate of drug-likeness (QED) is 0.866. The van der Waals surface area contributed by atoms with E-state index in [2.05, 4.69) is 31.0 Å². The third-order valence-electron chi connectivity index (χ3n) is 5.31. The fraction of sp³-hybridized carbons (Fsp3) is 1.00. The van der Waals surface area contributed by atoms with Crippen molar-refractivity contribution in [3.63, 3.8) is 0 Å². The molecule has 2 rings (SSSR count). The average Bonchev–Trinajstić information content (AvgIpc) is 2.36. The Balaban J connectivity index is 2.13. The van der Waals surface area contributed by atoms with Gasteiger partial charge in [-0.15, -0.1) is 0 Å². The Morgan fingerprint density at radius 2 is 1.81 bits per heavy atom. The topological polar surface area (TPSA) is 49.4 Å². The van der Waals surface area contributed by atoms with Crippen LogP contribution >= 0.6 is 0 Å². The zero-order valence-corrected chi connectivity index (χ0v) is 14.9. The molecule has 2 fully saturated rings. The maximum atomic E-state index is 11.6. The molecule has 0 amide bonds. The lowest BCUT2D eigenvalue weighted by Crippen LogP contribution is -2.68. The summed E-state index contributed by atoms with van der Waals surface area (Å²) in [7, 11) is -2.89. The van der Waals surface area contributed by atoms with Crippen LogP contribution in [-0.4, -0.2) is 56.5 Å². The lowest BCUT2D eigenvalue weighted by Gasteiger charge is -2.54. The summed E-state index contributed by atoms with van der Waals surface area (Å²) in [5.41, 5.74) is 0.407. The van der Waals surface area contributed by atoms with Gasteiger partial charge in [0.05, 0.1) is 5.75 Å². The van der Waals surface area contributed by atoms with Gasteiger partial charge in [0.1, 0.15) is 9.84 Å². The van der Waals surface area contributed by atoms with E-state index in [1.54, 1.807) is 0 Å². The van der Waals surface area contributed by atoms with E-state index < -0.39 is 9.84 Å². The minimum absolute atomic E-state index is 0.199. The monoisotopic (exact) mass is 316 g/mol. The molecule has 5 heteroatoms. The van der Waals surface area contributed by atoms with E-state index in [1.165, 1.54) is 38.4 Å². The van der Waals surface area contributed by atoms with E-state index in [0.29, 0.717) is 12.6 Å². The molecule has 0 aromatic heterocycles. The number of nitrogens with one attached hydrogen (secondary N) is 1. The second-order valence-electron chi connectivity index (χ2n) is 8.16. The Morgan fingerprint density at radius 1 is 1.19 bits per heavy atom. The molecular weight excluding hydrogens is 284 g/mol. The highest BCUT2D eigenvalue weighted by Crippen LogP contribution is 2.37. The van der Waals surface area contributed by atoms with Gasteiger partial charge in [0.2, 0.25) is 0 Å². The van der Waals surface area contributed by atoms with Gasteiger partial charge in [0.15, 0.2) is 0 Å². The third-order valence-corrected chi connectivity index (χ3v) is 6.24. The number of nitrogens with zero attached hydrogens (tertiary/aromatic N) is 1. The summed E-state index contributed by atoms with van der Waals surface area (Å²) in [5.74, 6) is 0.283. The van der Waals surface area contributed by atoms with Gasteiger partial charge in [-0.1, -0.05) is 40.0 Å². The van der Waals surface area contributed by atoms with Gasteiger partial charge in [0, 0.05) is 37.5 Å². The van der Waals surface area contributed by atoms with Crippen LogP contribution in [0, 0.1) is 5.41 Å². The van der Waals surface area contributed by atoms with Crippen LogP contribution in [0.4, 0.5) is 0 Å². The largest absolute Gasteiger partial charge is 0.310 e. The maximum Gasteiger partial charge on any atom is 0.148 e. The van der Waals surface area contributed by atoms with Crippen LogP contribution < -0.4 is 5.32 Å². The molecule has 21 heavy (non-hydrogen) atoms. The van der Waals surface area contributed by atoms with Crippen LogP contribution in [0.2, 0.25) is 0 Å². The molecule has 124 valence electrons. The number of rotatable bonds is 3. The van der Waals surface area contributed by atoms with Crippen LogP contribution in [0.3, 0.4) is 0 Å². The molecule has 1 saturated carbocycles. The predicted molar refractivity (Wildman–Crippen MR) is 88.3 cm³/mol. The fourth-order valence-corrected chi connectivity index (χ4v) is 4.34. The first-order valence-electron chi connectivity index (χ1n) is 8.29. The molecule has 0 radical (unpaired) electrons. The number of piperazine rings is 1. The molecule has 1 aliphatic heterocycles. The van der Waals surface area contributed by atoms with Crippen LogP contribution in [0.1, 0.15) is 52.9 Å². The van der Waals surface area contributed by atoms with E-state index in [-0.39, 0.29) is 16.7 Å². The molecule has 1 aliphatic carbocycles. The molecule has 1 heterocycles. The lowest BCUT2D eigenvalue weighted by atomic mass is 9.75. The zero-order chi connectivity index (χ0) is 15.7. The van der Waals surface area contributed by atoms with Crippen molar-refractivity contribution >= 4 is 9.84 Å². The van der Waals surface area contributed by atoms with Gasteiger partial charge in [-0.25, -0.2) is 8.42 Å². The second kappa shape index (κ2) is 6.17. The molecule has 0 aromatic rings. The number of hydrogen-bond acceptors (Lipinski definition) is 4. The zero-order valence-electron chi connectivity index (χ0n) is 14.1. The summed E-state index contributed by atoms with van der Waals surface area (Å²) in [5, 5.41) is 3.76. The highest BCUT2D eigenvalue weighted by Gasteiger charge is 2.44. The summed E-state index contributed by atoms with van der Waals surface area (Å²) in [6, 6.07) is 0.435. The van der Waals surface area contributed by atoms with Crippen molar-refractivity contribution in [3.8, 4) is 0 Å². The van der Waals surface area contributed by atoms with Crippen molar-refractivity contribution in [1.29, 1.82) is 0 Å². The van der Waals surface area contributed by atoms with Crippen LogP contribution in [0.15, 0.2) is 0 Å². The van der Waals surface area contributed by atoms with Crippen molar-refractivity contribution in [3.05, 3.63) is 0 Å². The van der Waals surface area contributed by atoms with Gasteiger partial charge in [0.25, 0.3) is 0 Å². The third kappa shape index (κ3) is 4.42. The Kier molecular flexibility index (Phi) is 5.06. The van der Waals surface area contributed by atoms with E-state index in [0.717, 1.165) is 13.1 Å². The Bertz CT molecular complexity index is 447. The van der Waals surface area contributed by atoms with Crippen molar-refractivity contribution < 1.29 is 8.42 Å². The first-order chi connectivity index (χ1) is 9.62. The second-order valence-corrected chi connectivity index (χ2v) is 10.4. The van der Waals surface area contributed by atoms with Gasteiger partial charge >= 0.3 is 0 Å². The smallest absolute Gasteiger partial charge is 0.148 e. The molecule has 4 nitrogen and oxygen atoms in total. The maximum absolute atomic E-state index is 11.6. The number of hydrogen-bond donors (Lipinski definition) is 1. The van der Waals surface area contributed by atoms with Crippen molar-refractivity contribution in [2.75, 3.05) is 31.6 Å². The Hall–Kier alpha value is -0.130. The first-order valence-corrected chi connectivity index (χ1v) is 10.3. The molecule has 0 bridgehead atoms. The SMILES string of the molecule is CC(C)(C)C1CN(CCS(C)(=O)=O)C2(CCCCC2)CN1. The molecular formula is C16H32N2O2S. The van der Waals surface area contributed by atoms with Crippen LogP contribution in [-0.2, 0) is 9.84 Å². The van der Waals surface area contributed by atoms with Gasteiger partial charge < -0.3 is 5.32 Å². The van der Waals surface area contributed by atoms with Crippen molar-refractivity contribution in [2.24, 2.45) is 5.41 Å². The Morgan fingerprint density at radius 3 is 2.33 bits per heavy atom. The van der Waals surface area contributed by atoms with Crippen molar-refractivity contribution in [2.45, 2.75) is 64.5 Å². The van der Waals surface area contributed by atoms with Gasteiger partial charge in [-0.2, -0.15) is 0 Å². The minimum Gasteiger partial charge on any atom is -0.310 e. The van der Waals surface area contributed by atoms with Gasteiger partial charge in [-0.05, 0) is 18.3 Å². The predicted octanol–water partition coefficient (Wildman–Crippen LogP) is 2.05. The molecule has 2 aliphatic rings. The molecule has 1 N–H and O–H groups in total. The Labute approximate surface area is 130 Å². The first kappa shape index (κ1) is 17.2. The van der Waals surface area contributed by atoms with Gasteiger partial charge in [-0.3, -0.25) is 4.90 Å². The summed E-state index contributed by atoms with van der Waals surface area (Å²) < 4.78 is 23.2. The van der Waals surface area contributed by atoms with E-state index in [4.69, 9.17) is 0 Å². The highest BCUT2D eigenvalue weighted by molar-refractivity contribution is 7.90. The van der Waals surface area contributed by atoms with Crippen LogP contribution in [0.25, 0.3) is 0 Å². The van der Waals surface area contributed by atoms with Crippen LogP contribution in [0.5, 0.6) is 0 Å². The average molecular weight is 317 g/mol. The lowest BCUT2D eigenvalue weighted by molar-refractivity contribution is -0.00571. The molecule has 1 atom stereocenters. The normalized spacial score (nSPS) is 27.9. The summed E-state index contributed by atoms with van der Waals surface area (Å²) >= 11 is 0. The number of sulfone groups is 1. The summed E-state index contributed by atoms with van der Waals surface area (Å²) in [4.78, 5) is 2.50. The summed E-state index contributed by atoms with van der Waals surface area (Å²) in [6.07, 6.45) is 7.64. The summed E-state index contributed by atoms with van der Waals surface area (Å²) in [6.45, 7) is 9.46. The van der Waals surface area contributed by atoms with E-state index in [1.807, 2.05) is 0 Å². The van der Waals surface area contributed by atoms with Crippen molar-refractivity contribution in [1.82, 2.24) is 10.2 Å².